The van der Waals surface area contributed by atoms with Crippen LogP contribution in [0.25, 0.3) is 0 Å². The summed E-state index contributed by atoms with van der Waals surface area (Å²) in [6.07, 6.45) is 0.693. The average Bonchev–Trinajstić information content (AvgIpc) is 2.83. The molecule has 124 valence electrons. The highest BCUT2D eigenvalue weighted by Crippen LogP contribution is 2.26. The van der Waals surface area contributed by atoms with Gasteiger partial charge in [-0.15, -0.1) is 0 Å². The number of aryl methyl sites for hydroxylation is 3. The first kappa shape index (κ1) is 17.2. The smallest absolute Gasteiger partial charge is 0.220 e. The van der Waals surface area contributed by atoms with Crippen molar-refractivity contribution >= 4 is 5.91 Å². The first-order valence-electron chi connectivity index (χ1n) is 7.59. The highest BCUT2D eigenvalue weighted by molar-refractivity contribution is 5.76. The minimum Gasteiger partial charge on any atom is -0.466 e. The normalized spacial score (nSPS) is 13.6. The summed E-state index contributed by atoms with van der Waals surface area (Å²) in [5.41, 5.74) is 0.241. The lowest BCUT2D eigenvalue weighted by Gasteiger charge is -2.23. The molecule has 0 saturated carbocycles. The van der Waals surface area contributed by atoms with Crippen LogP contribution in [0.4, 0.5) is 4.39 Å². The molecule has 23 heavy (non-hydrogen) atoms. The van der Waals surface area contributed by atoms with Crippen molar-refractivity contribution in [3.8, 4) is 0 Å². The van der Waals surface area contributed by atoms with E-state index in [4.69, 9.17) is 4.42 Å². The van der Waals surface area contributed by atoms with Crippen LogP contribution in [-0.4, -0.2) is 17.6 Å². The highest BCUT2D eigenvalue weighted by Gasteiger charge is 2.28. The number of benzene rings is 1. The van der Waals surface area contributed by atoms with E-state index in [1.165, 1.54) is 12.1 Å². The molecule has 0 aliphatic heterocycles. The second-order valence-corrected chi connectivity index (χ2v) is 6.01. The Balaban J connectivity index is 1.87. The fraction of sp³-hybridized carbons (Fsp3) is 0.389. The number of carbonyl (C=O) groups excluding carboxylic acids is 1. The maximum atomic E-state index is 13.1. The van der Waals surface area contributed by atoms with Gasteiger partial charge in [0.15, 0.2) is 0 Å². The molecule has 1 atom stereocenters. The number of halogens is 1. The quantitative estimate of drug-likeness (QED) is 0.860. The van der Waals surface area contributed by atoms with Crippen molar-refractivity contribution < 1.29 is 18.7 Å². The van der Waals surface area contributed by atoms with E-state index in [0.717, 1.165) is 11.3 Å². The van der Waals surface area contributed by atoms with E-state index in [2.05, 4.69) is 5.32 Å². The van der Waals surface area contributed by atoms with Gasteiger partial charge in [-0.2, -0.15) is 0 Å². The third kappa shape index (κ3) is 4.66. The minimum absolute atomic E-state index is 0.0921. The molecule has 2 rings (SSSR count). The molecule has 0 spiro atoms. The molecule has 0 aliphatic rings. The minimum atomic E-state index is -1.20. The van der Waals surface area contributed by atoms with E-state index >= 15 is 0 Å². The number of hydrogen-bond donors (Lipinski definition) is 2. The summed E-state index contributed by atoms with van der Waals surface area (Å²) < 4.78 is 18.5. The molecule has 2 aromatic rings. The van der Waals surface area contributed by atoms with Crippen LogP contribution in [0.5, 0.6) is 0 Å². The zero-order valence-corrected chi connectivity index (χ0v) is 13.6. The molecular formula is C18H22FNO3. The highest BCUT2D eigenvalue weighted by atomic mass is 19.1. The third-order valence-electron chi connectivity index (χ3n) is 3.78. The molecule has 0 bridgehead atoms. The van der Waals surface area contributed by atoms with Crippen molar-refractivity contribution in [1.29, 1.82) is 0 Å². The third-order valence-corrected chi connectivity index (χ3v) is 3.78. The second-order valence-electron chi connectivity index (χ2n) is 6.01. The SMILES string of the molecule is Cc1cc(C(C)(O)CNC(=O)CCc2cccc(F)c2)c(C)o1. The Kier molecular flexibility index (Phi) is 5.21. The zero-order valence-electron chi connectivity index (χ0n) is 13.6. The Morgan fingerprint density at radius 2 is 2.09 bits per heavy atom. The van der Waals surface area contributed by atoms with Gasteiger partial charge in [-0.3, -0.25) is 4.79 Å². The fourth-order valence-corrected chi connectivity index (χ4v) is 2.57. The standard InChI is InChI=1S/C18H22FNO3/c1-12-9-16(13(2)23-12)18(3,22)11-20-17(21)8-7-14-5-4-6-15(19)10-14/h4-6,9-10,22H,7-8,11H2,1-3H3,(H,20,21). The van der Waals surface area contributed by atoms with E-state index in [1.807, 2.05) is 6.92 Å². The van der Waals surface area contributed by atoms with Gasteiger partial charge in [0, 0.05) is 12.0 Å². The van der Waals surface area contributed by atoms with Gasteiger partial charge >= 0.3 is 0 Å². The van der Waals surface area contributed by atoms with Crippen LogP contribution < -0.4 is 5.32 Å². The van der Waals surface area contributed by atoms with Gasteiger partial charge in [0.25, 0.3) is 0 Å². The van der Waals surface area contributed by atoms with Crippen LogP contribution in [0.3, 0.4) is 0 Å². The molecule has 0 radical (unpaired) electrons. The Hall–Kier alpha value is -2.14. The lowest BCUT2D eigenvalue weighted by molar-refractivity contribution is -0.122. The van der Waals surface area contributed by atoms with Gasteiger partial charge in [-0.05, 0) is 51.0 Å². The van der Waals surface area contributed by atoms with Gasteiger partial charge in [0.2, 0.25) is 5.91 Å². The van der Waals surface area contributed by atoms with Crippen molar-refractivity contribution in [3.63, 3.8) is 0 Å². The first-order valence-corrected chi connectivity index (χ1v) is 7.59. The largest absolute Gasteiger partial charge is 0.466 e. The monoisotopic (exact) mass is 319 g/mol. The Bertz CT molecular complexity index is 691. The summed E-state index contributed by atoms with van der Waals surface area (Å²) >= 11 is 0. The van der Waals surface area contributed by atoms with Crippen molar-refractivity contribution in [3.05, 3.63) is 58.8 Å². The average molecular weight is 319 g/mol. The summed E-state index contributed by atoms with van der Waals surface area (Å²) in [6, 6.07) is 7.97. The molecule has 0 saturated heterocycles. The lowest BCUT2D eigenvalue weighted by atomic mass is 9.96. The van der Waals surface area contributed by atoms with E-state index in [9.17, 15) is 14.3 Å². The molecule has 2 N–H and O–H groups in total. The van der Waals surface area contributed by atoms with Crippen LogP contribution in [-0.2, 0) is 16.8 Å². The van der Waals surface area contributed by atoms with E-state index in [-0.39, 0.29) is 24.7 Å². The van der Waals surface area contributed by atoms with Crippen molar-refractivity contribution in [2.75, 3.05) is 6.54 Å². The van der Waals surface area contributed by atoms with Crippen LogP contribution in [0.1, 0.15) is 36.0 Å². The maximum absolute atomic E-state index is 13.1. The number of aliphatic hydroxyl groups is 1. The van der Waals surface area contributed by atoms with Gasteiger partial charge in [0.05, 0.1) is 6.54 Å². The van der Waals surface area contributed by atoms with Crippen molar-refractivity contribution in [1.82, 2.24) is 5.32 Å². The summed E-state index contributed by atoms with van der Waals surface area (Å²) in [5.74, 6) is 0.862. The van der Waals surface area contributed by atoms with Gasteiger partial charge in [-0.25, -0.2) is 4.39 Å². The lowest BCUT2D eigenvalue weighted by Crippen LogP contribution is -2.38. The van der Waals surface area contributed by atoms with Crippen molar-refractivity contribution in [2.45, 2.75) is 39.2 Å². The molecule has 0 aliphatic carbocycles. The van der Waals surface area contributed by atoms with E-state index in [0.29, 0.717) is 17.7 Å². The first-order chi connectivity index (χ1) is 10.8. The van der Waals surface area contributed by atoms with Gasteiger partial charge in [-0.1, -0.05) is 12.1 Å². The number of amides is 1. The molecule has 5 heteroatoms. The molecule has 1 aromatic carbocycles. The molecule has 1 heterocycles. The van der Waals surface area contributed by atoms with Crippen molar-refractivity contribution in [2.24, 2.45) is 0 Å². The molecule has 0 fully saturated rings. The van der Waals surface area contributed by atoms with Gasteiger partial charge < -0.3 is 14.8 Å². The number of furan rings is 1. The molecular weight excluding hydrogens is 297 g/mol. The number of carbonyl (C=O) groups is 1. The maximum Gasteiger partial charge on any atom is 0.220 e. The number of nitrogens with one attached hydrogen (secondary N) is 1. The van der Waals surface area contributed by atoms with Crippen LogP contribution in [0.2, 0.25) is 0 Å². The fourth-order valence-electron chi connectivity index (χ4n) is 2.57. The summed E-state index contributed by atoms with van der Waals surface area (Å²) in [6.45, 7) is 5.32. The molecule has 1 amide bonds. The summed E-state index contributed by atoms with van der Waals surface area (Å²) in [7, 11) is 0. The molecule has 1 unspecified atom stereocenters. The van der Waals surface area contributed by atoms with E-state index in [1.54, 1.807) is 32.0 Å². The Morgan fingerprint density at radius 1 is 1.35 bits per heavy atom. The topological polar surface area (TPSA) is 62.5 Å². The van der Waals surface area contributed by atoms with Crippen LogP contribution >= 0.6 is 0 Å². The molecule has 4 nitrogen and oxygen atoms in total. The Morgan fingerprint density at radius 3 is 2.70 bits per heavy atom. The second kappa shape index (κ2) is 6.96. The molecule has 1 aromatic heterocycles. The van der Waals surface area contributed by atoms with Gasteiger partial charge in [0.1, 0.15) is 22.9 Å². The summed E-state index contributed by atoms with van der Waals surface area (Å²) in [4.78, 5) is 11.9. The van der Waals surface area contributed by atoms with E-state index < -0.39 is 5.60 Å². The van der Waals surface area contributed by atoms with Crippen LogP contribution in [0, 0.1) is 19.7 Å². The van der Waals surface area contributed by atoms with Crippen LogP contribution in [0.15, 0.2) is 34.7 Å². The predicted octanol–water partition coefficient (Wildman–Crippen LogP) is 2.99. The number of hydrogen-bond acceptors (Lipinski definition) is 3. The predicted molar refractivity (Wildman–Crippen MR) is 85.5 cm³/mol. The number of rotatable bonds is 6. The Labute approximate surface area is 135 Å². The summed E-state index contributed by atoms with van der Waals surface area (Å²) in [5, 5.41) is 13.2. The zero-order chi connectivity index (χ0) is 17.0.